The van der Waals surface area contributed by atoms with Crippen LogP contribution < -0.4 is 21.1 Å². The van der Waals surface area contributed by atoms with Gasteiger partial charge in [-0.3, -0.25) is 10.1 Å². The standard InChI is InChI=1S/C19H23N3O3S/c1-3-25-13-7-5-12(6-8-13)21-19(24)22-18-16(17(20)23)14-9-4-11(2)10-15(14)26-18/h5-8,11H,3-4,9-10H2,1-2H3,(H2,20,23)(H2,21,22,24). The van der Waals surface area contributed by atoms with Gasteiger partial charge in [-0.05, 0) is 61.9 Å². The van der Waals surface area contributed by atoms with Crippen LogP contribution in [0, 0.1) is 5.92 Å². The summed E-state index contributed by atoms with van der Waals surface area (Å²) in [7, 11) is 0. The first-order valence-corrected chi connectivity index (χ1v) is 9.54. The van der Waals surface area contributed by atoms with Gasteiger partial charge in [-0.1, -0.05) is 6.92 Å². The number of hydrogen-bond acceptors (Lipinski definition) is 4. The van der Waals surface area contributed by atoms with Crippen LogP contribution in [0.2, 0.25) is 0 Å². The molecule has 0 saturated carbocycles. The van der Waals surface area contributed by atoms with Gasteiger partial charge in [0.1, 0.15) is 10.8 Å². The summed E-state index contributed by atoms with van der Waals surface area (Å²) >= 11 is 1.45. The van der Waals surface area contributed by atoms with Crippen molar-refractivity contribution in [3.8, 4) is 5.75 Å². The zero-order chi connectivity index (χ0) is 18.7. The molecule has 1 aliphatic rings. The van der Waals surface area contributed by atoms with Gasteiger partial charge in [0.15, 0.2) is 0 Å². The third kappa shape index (κ3) is 3.99. The predicted octanol–water partition coefficient (Wildman–Crippen LogP) is 4.01. The maximum Gasteiger partial charge on any atom is 0.324 e. The van der Waals surface area contributed by atoms with Crippen LogP contribution in [0.25, 0.3) is 0 Å². The van der Waals surface area contributed by atoms with Crippen LogP contribution in [0.4, 0.5) is 15.5 Å². The Balaban J connectivity index is 1.73. The van der Waals surface area contributed by atoms with Gasteiger partial charge in [0.2, 0.25) is 0 Å². The Morgan fingerprint density at radius 2 is 2.00 bits per heavy atom. The van der Waals surface area contributed by atoms with Gasteiger partial charge in [0.25, 0.3) is 5.91 Å². The van der Waals surface area contributed by atoms with Gasteiger partial charge in [-0.25, -0.2) is 4.79 Å². The summed E-state index contributed by atoms with van der Waals surface area (Å²) in [4.78, 5) is 25.4. The molecule has 0 bridgehead atoms. The van der Waals surface area contributed by atoms with Crippen molar-refractivity contribution in [1.82, 2.24) is 0 Å². The molecule has 0 radical (unpaired) electrons. The number of primary amides is 1. The molecule has 1 aromatic heterocycles. The summed E-state index contributed by atoms with van der Waals surface area (Å²) < 4.78 is 5.38. The molecule has 138 valence electrons. The Bertz CT molecular complexity index is 814. The molecule has 4 N–H and O–H groups in total. The first kappa shape index (κ1) is 18.3. The number of hydrogen-bond donors (Lipinski definition) is 3. The highest BCUT2D eigenvalue weighted by Gasteiger charge is 2.27. The monoisotopic (exact) mass is 373 g/mol. The smallest absolute Gasteiger partial charge is 0.324 e. The van der Waals surface area contributed by atoms with Crippen LogP contribution in [0.3, 0.4) is 0 Å². The van der Waals surface area contributed by atoms with Crippen LogP contribution in [-0.2, 0) is 12.8 Å². The number of nitrogens with two attached hydrogens (primary N) is 1. The number of nitrogens with one attached hydrogen (secondary N) is 2. The average Bonchev–Trinajstić information content (AvgIpc) is 2.93. The zero-order valence-electron chi connectivity index (χ0n) is 14.9. The minimum atomic E-state index is -0.492. The Labute approximate surface area is 156 Å². The molecule has 0 aliphatic heterocycles. The SMILES string of the molecule is CCOc1ccc(NC(=O)Nc2sc3c(c2C(N)=O)CCC(C)C3)cc1. The highest BCUT2D eigenvalue weighted by molar-refractivity contribution is 7.17. The molecule has 1 atom stereocenters. The van der Waals surface area contributed by atoms with Gasteiger partial charge in [0, 0.05) is 10.6 Å². The fraction of sp³-hybridized carbons (Fsp3) is 0.368. The number of rotatable bonds is 5. The predicted molar refractivity (Wildman–Crippen MR) is 104 cm³/mol. The molecule has 0 saturated heterocycles. The molecule has 1 unspecified atom stereocenters. The first-order valence-electron chi connectivity index (χ1n) is 8.73. The molecule has 26 heavy (non-hydrogen) atoms. The van der Waals surface area contributed by atoms with Crippen LogP contribution in [0.1, 0.15) is 41.1 Å². The van der Waals surface area contributed by atoms with Crippen molar-refractivity contribution in [1.29, 1.82) is 0 Å². The van der Waals surface area contributed by atoms with E-state index in [1.165, 1.54) is 11.3 Å². The molecule has 3 rings (SSSR count). The number of thiophene rings is 1. The largest absolute Gasteiger partial charge is 0.494 e. The molecule has 1 heterocycles. The van der Waals surface area contributed by atoms with E-state index in [-0.39, 0.29) is 0 Å². The minimum absolute atomic E-state index is 0.400. The number of urea groups is 1. The highest BCUT2D eigenvalue weighted by Crippen LogP contribution is 2.39. The second-order valence-electron chi connectivity index (χ2n) is 6.46. The maximum absolute atomic E-state index is 12.3. The Kier molecular flexibility index (Phi) is 5.46. The zero-order valence-corrected chi connectivity index (χ0v) is 15.7. The second-order valence-corrected chi connectivity index (χ2v) is 7.56. The topological polar surface area (TPSA) is 93.4 Å². The molecular weight excluding hydrogens is 350 g/mol. The van der Waals surface area contributed by atoms with E-state index in [0.717, 1.165) is 35.5 Å². The van der Waals surface area contributed by atoms with Crippen molar-refractivity contribution < 1.29 is 14.3 Å². The lowest BCUT2D eigenvalue weighted by Crippen LogP contribution is -2.22. The number of carbonyl (C=O) groups is 2. The minimum Gasteiger partial charge on any atom is -0.494 e. The quantitative estimate of drug-likeness (QED) is 0.739. The van der Waals surface area contributed by atoms with E-state index in [4.69, 9.17) is 10.5 Å². The summed E-state index contributed by atoms with van der Waals surface area (Å²) in [6, 6.07) is 6.71. The van der Waals surface area contributed by atoms with E-state index in [1.54, 1.807) is 24.3 Å². The van der Waals surface area contributed by atoms with Crippen molar-refractivity contribution >= 4 is 34.0 Å². The fourth-order valence-electron chi connectivity index (χ4n) is 3.17. The summed E-state index contributed by atoms with van der Waals surface area (Å²) in [6.45, 7) is 4.69. The van der Waals surface area contributed by atoms with E-state index in [1.807, 2.05) is 6.92 Å². The molecule has 1 aromatic carbocycles. The van der Waals surface area contributed by atoms with E-state index in [9.17, 15) is 9.59 Å². The normalized spacial score (nSPS) is 15.8. The molecule has 3 amide bonds. The second kappa shape index (κ2) is 7.78. The highest BCUT2D eigenvalue weighted by atomic mass is 32.1. The lowest BCUT2D eigenvalue weighted by molar-refractivity contribution is 0.1000. The maximum atomic E-state index is 12.3. The average molecular weight is 373 g/mol. The van der Waals surface area contributed by atoms with Crippen LogP contribution in [-0.4, -0.2) is 18.5 Å². The molecule has 2 aromatic rings. The summed E-state index contributed by atoms with van der Waals surface area (Å²) in [5.74, 6) is 0.829. The number of anilines is 2. The third-order valence-electron chi connectivity index (χ3n) is 4.41. The molecule has 0 spiro atoms. The summed E-state index contributed by atoms with van der Waals surface area (Å²) in [5, 5.41) is 6.08. The van der Waals surface area contributed by atoms with Crippen molar-refractivity contribution in [3.63, 3.8) is 0 Å². The van der Waals surface area contributed by atoms with Crippen LogP contribution in [0.5, 0.6) is 5.75 Å². The third-order valence-corrected chi connectivity index (χ3v) is 5.58. The van der Waals surface area contributed by atoms with Crippen molar-refractivity contribution in [3.05, 3.63) is 40.3 Å². The number of fused-ring (bicyclic) bond motifs is 1. The van der Waals surface area contributed by atoms with E-state index < -0.39 is 11.9 Å². The number of benzene rings is 1. The molecule has 7 heteroatoms. The molecule has 1 aliphatic carbocycles. The Morgan fingerprint density at radius 3 is 2.65 bits per heavy atom. The van der Waals surface area contributed by atoms with Crippen LogP contribution in [0.15, 0.2) is 24.3 Å². The number of carbonyl (C=O) groups excluding carboxylic acids is 2. The van der Waals surface area contributed by atoms with Crippen molar-refractivity contribution in [2.75, 3.05) is 17.2 Å². The Morgan fingerprint density at radius 1 is 1.27 bits per heavy atom. The Hall–Kier alpha value is -2.54. The molecule has 0 fully saturated rings. The summed E-state index contributed by atoms with van der Waals surface area (Å²) in [5.41, 5.74) is 7.67. The number of ether oxygens (including phenoxy) is 1. The van der Waals surface area contributed by atoms with E-state index >= 15 is 0 Å². The van der Waals surface area contributed by atoms with E-state index in [0.29, 0.717) is 28.8 Å². The fourth-order valence-corrected chi connectivity index (χ4v) is 4.58. The molecular formula is C19H23N3O3S. The first-order chi connectivity index (χ1) is 12.5. The van der Waals surface area contributed by atoms with Gasteiger partial charge in [0.05, 0.1) is 12.2 Å². The van der Waals surface area contributed by atoms with Gasteiger partial charge in [-0.2, -0.15) is 0 Å². The van der Waals surface area contributed by atoms with Gasteiger partial charge < -0.3 is 15.8 Å². The van der Waals surface area contributed by atoms with E-state index in [2.05, 4.69) is 17.6 Å². The number of amides is 3. The van der Waals surface area contributed by atoms with Gasteiger partial charge >= 0.3 is 6.03 Å². The van der Waals surface area contributed by atoms with Crippen molar-refractivity contribution in [2.24, 2.45) is 11.7 Å². The van der Waals surface area contributed by atoms with Crippen molar-refractivity contribution in [2.45, 2.75) is 33.1 Å². The summed E-state index contributed by atoms with van der Waals surface area (Å²) in [6.07, 6.45) is 2.78. The van der Waals surface area contributed by atoms with Gasteiger partial charge in [-0.15, -0.1) is 11.3 Å². The van der Waals surface area contributed by atoms with Crippen LogP contribution >= 0.6 is 11.3 Å². The lowest BCUT2D eigenvalue weighted by Gasteiger charge is -2.18. The molecule has 6 nitrogen and oxygen atoms in total. The lowest BCUT2D eigenvalue weighted by atomic mass is 9.88.